The number of hydrogen-bond donors (Lipinski definition) is 0. The lowest BCUT2D eigenvalue weighted by Crippen LogP contribution is -1.95. The second-order valence-corrected chi connectivity index (χ2v) is 3.27. The zero-order valence-corrected chi connectivity index (χ0v) is 8.96. The zero-order chi connectivity index (χ0) is 11.4. The monoisotopic (exact) mass is 216 g/mol. The fourth-order valence-corrected chi connectivity index (χ4v) is 1.43. The largest absolute Gasteiger partial charge is 0.491 e. The summed E-state index contributed by atoms with van der Waals surface area (Å²) in [5.74, 6) is 0.721. The summed E-state index contributed by atoms with van der Waals surface area (Å²) in [6.07, 6.45) is 4.25. The summed E-state index contributed by atoms with van der Waals surface area (Å²) >= 11 is 0. The van der Waals surface area contributed by atoms with Gasteiger partial charge in [0.2, 0.25) is 0 Å². The van der Waals surface area contributed by atoms with Gasteiger partial charge in [-0.05, 0) is 19.1 Å². The van der Waals surface area contributed by atoms with E-state index in [-0.39, 0.29) is 0 Å². The lowest BCUT2D eigenvalue weighted by atomic mass is 10.2. The van der Waals surface area contributed by atoms with E-state index in [1.807, 2.05) is 19.1 Å². The van der Waals surface area contributed by atoms with Crippen molar-refractivity contribution in [1.82, 2.24) is 9.78 Å². The number of ether oxygens (including phenoxy) is 1. The Balaban J connectivity index is 2.30. The molecule has 0 saturated heterocycles. The standard InChI is InChI=1S/C12H12N2O2/c1-2-16-12-7-13-14(8-12)11-5-3-4-10(6-11)9-15/h3-9H,2H2,1H3. The molecule has 0 saturated carbocycles. The molecule has 0 radical (unpaired) electrons. The van der Waals surface area contributed by atoms with Crippen LogP contribution < -0.4 is 4.74 Å². The summed E-state index contributed by atoms with van der Waals surface area (Å²) in [6, 6.07) is 7.23. The number of nitrogens with zero attached hydrogens (tertiary/aromatic N) is 2. The van der Waals surface area contributed by atoms with Gasteiger partial charge in [0.15, 0.2) is 5.75 Å². The molecule has 1 aromatic heterocycles. The van der Waals surface area contributed by atoms with E-state index in [1.165, 1.54) is 0 Å². The molecule has 0 spiro atoms. The predicted molar refractivity (Wildman–Crippen MR) is 60.1 cm³/mol. The van der Waals surface area contributed by atoms with Crippen molar-refractivity contribution < 1.29 is 9.53 Å². The lowest BCUT2D eigenvalue weighted by molar-refractivity contribution is 0.112. The van der Waals surface area contributed by atoms with Crippen LogP contribution in [-0.4, -0.2) is 22.7 Å². The van der Waals surface area contributed by atoms with Crippen LogP contribution in [0.2, 0.25) is 0 Å². The molecule has 0 unspecified atom stereocenters. The van der Waals surface area contributed by atoms with Crippen molar-refractivity contribution in [2.24, 2.45) is 0 Å². The molecule has 1 heterocycles. The topological polar surface area (TPSA) is 44.1 Å². The molecule has 0 N–H and O–H groups in total. The van der Waals surface area contributed by atoms with Gasteiger partial charge in [-0.3, -0.25) is 4.79 Å². The maximum absolute atomic E-state index is 10.6. The highest BCUT2D eigenvalue weighted by Crippen LogP contribution is 2.14. The smallest absolute Gasteiger partial charge is 0.157 e. The number of aromatic nitrogens is 2. The average Bonchev–Trinajstić information content (AvgIpc) is 2.78. The summed E-state index contributed by atoms with van der Waals surface area (Å²) in [5, 5.41) is 4.16. The van der Waals surface area contributed by atoms with E-state index >= 15 is 0 Å². The Morgan fingerprint density at radius 2 is 2.38 bits per heavy atom. The van der Waals surface area contributed by atoms with Gasteiger partial charge in [0.05, 0.1) is 24.7 Å². The maximum atomic E-state index is 10.6. The molecule has 0 amide bonds. The second-order valence-electron chi connectivity index (χ2n) is 3.27. The molecule has 0 aliphatic heterocycles. The van der Waals surface area contributed by atoms with Gasteiger partial charge in [-0.2, -0.15) is 5.10 Å². The normalized spacial score (nSPS) is 10.1. The van der Waals surface area contributed by atoms with E-state index in [0.29, 0.717) is 12.2 Å². The van der Waals surface area contributed by atoms with E-state index in [0.717, 1.165) is 17.7 Å². The van der Waals surface area contributed by atoms with Crippen molar-refractivity contribution >= 4 is 6.29 Å². The van der Waals surface area contributed by atoms with E-state index in [2.05, 4.69) is 5.10 Å². The van der Waals surface area contributed by atoms with Gasteiger partial charge in [0.1, 0.15) is 6.29 Å². The Morgan fingerprint density at radius 1 is 1.50 bits per heavy atom. The summed E-state index contributed by atoms with van der Waals surface area (Å²) in [5.41, 5.74) is 1.47. The van der Waals surface area contributed by atoms with Gasteiger partial charge >= 0.3 is 0 Å². The Labute approximate surface area is 93.5 Å². The maximum Gasteiger partial charge on any atom is 0.157 e. The van der Waals surface area contributed by atoms with Crippen LogP contribution in [0.25, 0.3) is 5.69 Å². The number of carbonyl (C=O) groups is 1. The van der Waals surface area contributed by atoms with Gasteiger partial charge in [-0.1, -0.05) is 12.1 Å². The molecule has 2 aromatic rings. The van der Waals surface area contributed by atoms with Crippen molar-refractivity contribution in [2.75, 3.05) is 6.61 Å². The fourth-order valence-electron chi connectivity index (χ4n) is 1.43. The molecule has 1 aromatic carbocycles. The summed E-state index contributed by atoms with van der Waals surface area (Å²) in [6.45, 7) is 2.53. The van der Waals surface area contributed by atoms with Crippen LogP contribution in [0.4, 0.5) is 0 Å². The van der Waals surface area contributed by atoms with E-state index in [4.69, 9.17) is 4.74 Å². The summed E-state index contributed by atoms with van der Waals surface area (Å²) in [4.78, 5) is 10.6. The zero-order valence-electron chi connectivity index (χ0n) is 8.96. The Kier molecular flexibility index (Phi) is 3.00. The first-order chi connectivity index (χ1) is 7.83. The SMILES string of the molecule is CCOc1cnn(-c2cccc(C=O)c2)c1. The van der Waals surface area contributed by atoms with Crippen molar-refractivity contribution in [3.05, 3.63) is 42.2 Å². The summed E-state index contributed by atoms with van der Waals surface area (Å²) in [7, 11) is 0. The van der Waals surface area contributed by atoms with Crippen molar-refractivity contribution in [3.8, 4) is 11.4 Å². The number of hydrogen-bond acceptors (Lipinski definition) is 3. The molecule has 82 valence electrons. The first-order valence-electron chi connectivity index (χ1n) is 5.06. The molecule has 4 nitrogen and oxygen atoms in total. The second kappa shape index (κ2) is 4.61. The third-order valence-electron chi connectivity index (χ3n) is 2.14. The molecule has 16 heavy (non-hydrogen) atoms. The first kappa shape index (κ1) is 10.4. The van der Waals surface area contributed by atoms with E-state index in [9.17, 15) is 4.79 Å². The minimum atomic E-state index is 0.611. The molecule has 0 aliphatic rings. The van der Waals surface area contributed by atoms with Gasteiger partial charge in [0, 0.05) is 5.56 Å². The van der Waals surface area contributed by atoms with Gasteiger partial charge < -0.3 is 4.74 Å². The minimum Gasteiger partial charge on any atom is -0.491 e. The predicted octanol–water partition coefficient (Wildman–Crippen LogP) is 2.08. The Hall–Kier alpha value is -2.10. The Morgan fingerprint density at radius 3 is 3.12 bits per heavy atom. The molecule has 0 bridgehead atoms. The number of carbonyl (C=O) groups excluding carboxylic acids is 1. The van der Waals surface area contributed by atoms with Crippen LogP contribution in [0.5, 0.6) is 5.75 Å². The lowest BCUT2D eigenvalue weighted by Gasteiger charge is -2.01. The van der Waals surface area contributed by atoms with Crippen LogP contribution in [0.1, 0.15) is 17.3 Å². The number of benzene rings is 1. The molecule has 0 atom stereocenters. The quantitative estimate of drug-likeness (QED) is 0.735. The van der Waals surface area contributed by atoms with Gasteiger partial charge in [0.25, 0.3) is 0 Å². The molecule has 0 aliphatic carbocycles. The molecule has 4 heteroatoms. The highest BCUT2D eigenvalue weighted by atomic mass is 16.5. The third kappa shape index (κ3) is 2.11. The minimum absolute atomic E-state index is 0.611. The summed E-state index contributed by atoms with van der Waals surface area (Å²) < 4.78 is 6.99. The molecule has 2 rings (SSSR count). The highest BCUT2D eigenvalue weighted by Gasteiger charge is 2.01. The van der Waals surface area contributed by atoms with Crippen LogP contribution in [0, 0.1) is 0 Å². The van der Waals surface area contributed by atoms with Crippen LogP contribution in [-0.2, 0) is 0 Å². The molecular weight excluding hydrogens is 204 g/mol. The first-order valence-corrected chi connectivity index (χ1v) is 5.06. The van der Waals surface area contributed by atoms with Crippen LogP contribution in [0.15, 0.2) is 36.7 Å². The van der Waals surface area contributed by atoms with Gasteiger partial charge in [-0.15, -0.1) is 0 Å². The number of rotatable bonds is 4. The van der Waals surface area contributed by atoms with Crippen LogP contribution in [0.3, 0.4) is 0 Å². The number of aldehydes is 1. The average molecular weight is 216 g/mol. The van der Waals surface area contributed by atoms with Crippen LogP contribution >= 0.6 is 0 Å². The molecular formula is C12H12N2O2. The fraction of sp³-hybridized carbons (Fsp3) is 0.167. The van der Waals surface area contributed by atoms with E-state index in [1.54, 1.807) is 29.2 Å². The Bertz CT molecular complexity index is 491. The molecule has 0 fully saturated rings. The van der Waals surface area contributed by atoms with Crippen molar-refractivity contribution in [3.63, 3.8) is 0 Å². The van der Waals surface area contributed by atoms with Crippen molar-refractivity contribution in [2.45, 2.75) is 6.92 Å². The highest BCUT2D eigenvalue weighted by molar-refractivity contribution is 5.75. The third-order valence-corrected chi connectivity index (χ3v) is 2.14. The van der Waals surface area contributed by atoms with Gasteiger partial charge in [-0.25, -0.2) is 4.68 Å². The van der Waals surface area contributed by atoms with Crippen molar-refractivity contribution in [1.29, 1.82) is 0 Å². The van der Waals surface area contributed by atoms with E-state index < -0.39 is 0 Å².